The van der Waals surface area contributed by atoms with Gasteiger partial charge in [-0.25, -0.2) is 4.39 Å². The topological polar surface area (TPSA) is 58.8 Å². The Hall–Kier alpha value is -1.80. The average Bonchev–Trinajstić information content (AvgIpc) is 3.30. The molecule has 1 aromatic carbocycles. The van der Waals surface area contributed by atoms with E-state index in [1.807, 2.05) is 30.5 Å². The Labute approximate surface area is 173 Å². The van der Waals surface area contributed by atoms with Gasteiger partial charge in [-0.3, -0.25) is 4.79 Å². The fourth-order valence-electron chi connectivity index (χ4n) is 5.13. The summed E-state index contributed by atoms with van der Waals surface area (Å²) in [5.41, 5.74) is 0.771. The van der Waals surface area contributed by atoms with Crippen molar-refractivity contribution in [1.82, 2.24) is 5.16 Å². The largest absolute Gasteiger partial charge is 0.372 e. The highest BCUT2D eigenvalue weighted by molar-refractivity contribution is 8.00. The number of morpholine rings is 1. The summed E-state index contributed by atoms with van der Waals surface area (Å²) in [7, 11) is 0. The first-order valence-corrected chi connectivity index (χ1v) is 11.5. The lowest BCUT2D eigenvalue weighted by Gasteiger charge is -2.37. The van der Waals surface area contributed by atoms with Crippen LogP contribution in [0.3, 0.4) is 0 Å². The minimum atomic E-state index is -0.503. The van der Waals surface area contributed by atoms with Crippen LogP contribution in [0.1, 0.15) is 49.9 Å². The van der Waals surface area contributed by atoms with Gasteiger partial charge in [0.15, 0.2) is 17.9 Å². The molecule has 0 amide bonds. The maximum atomic E-state index is 15.6. The molecule has 156 valence electrons. The van der Waals surface area contributed by atoms with E-state index in [4.69, 9.17) is 9.26 Å². The van der Waals surface area contributed by atoms with Gasteiger partial charge in [-0.2, -0.15) is 0 Å². The summed E-state index contributed by atoms with van der Waals surface area (Å²) in [6.45, 7) is 4.97. The molecule has 3 heterocycles. The first-order valence-electron chi connectivity index (χ1n) is 10.4. The zero-order valence-corrected chi connectivity index (χ0v) is 17.6. The van der Waals surface area contributed by atoms with Gasteiger partial charge in [-0.1, -0.05) is 18.0 Å². The first-order chi connectivity index (χ1) is 14.1. The third kappa shape index (κ3) is 3.20. The molecule has 3 aliphatic rings. The molecule has 0 N–H and O–H groups in total. The molecule has 2 aliphatic heterocycles. The second-order valence-corrected chi connectivity index (χ2v) is 9.64. The average molecular weight is 420 g/mol. The van der Waals surface area contributed by atoms with Crippen LogP contribution in [0.15, 0.2) is 10.6 Å². The molecule has 5 rings (SSSR count). The Kier molecular flexibility index (Phi) is 4.94. The molecule has 8 heteroatoms. The van der Waals surface area contributed by atoms with Crippen LogP contribution >= 0.6 is 11.8 Å². The highest BCUT2D eigenvalue weighted by Gasteiger charge is 2.39. The number of hydrogen-bond donors (Lipinski definition) is 0. The summed E-state index contributed by atoms with van der Waals surface area (Å²) in [5.74, 6) is 0.991. The van der Waals surface area contributed by atoms with Gasteiger partial charge < -0.3 is 19.1 Å². The number of hydrogen-bond acceptors (Lipinski definition) is 7. The normalized spacial score (nSPS) is 30.0. The molecule has 6 nitrogen and oxygen atoms in total. The molecular weight excluding hydrogens is 393 g/mol. The fraction of sp³-hybridized carbons (Fsp3) is 0.619. The highest BCUT2D eigenvalue weighted by atomic mass is 32.2. The molecule has 1 aromatic heterocycles. The van der Waals surface area contributed by atoms with E-state index in [1.54, 1.807) is 6.07 Å². The number of aldehydes is 1. The van der Waals surface area contributed by atoms with Gasteiger partial charge in [0, 0.05) is 29.9 Å². The van der Waals surface area contributed by atoms with Crippen molar-refractivity contribution >= 4 is 40.5 Å². The number of carbonyl (C=O) groups is 1. The van der Waals surface area contributed by atoms with Crippen molar-refractivity contribution in [3.8, 4) is 0 Å². The lowest BCUT2D eigenvalue weighted by Crippen LogP contribution is -2.46. The van der Waals surface area contributed by atoms with Gasteiger partial charge in [0.25, 0.3) is 0 Å². The third-order valence-corrected chi connectivity index (χ3v) is 7.73. The second kappa shape index (κ2) is 7.47. The standard InChI is InChI=1S/C21H26FN3O3S/c1-12-8-24(9-13(2)27-12)19-14(10-26)7-15-20(18(19)22)28-23-21(15)25-11-29-17-6-4-3-5-16(17)25/h7,10,12-13,16-17H,3-6,8-9,11H2,1-2H3/t12-,13-,16-,17-/m1/s1. The molecular formula is C21H26FN3O3S. The van der Waals surface area contributed by atoms with Crippen LogP contribution in [0.4, 0.5) is 15.9 Å². The van der Waals surface area contributed by atoms with E-state index in [9.17, 15) is 4.79 Å². The summed E-state index contributed by atoms with van der Waals surface area (Å²) in [5, 5.41) is 5.45. The van der Waals surface area contributed by atoms with Crippen LogP contribution in [0.25, 0.3) is 11.0 Å². The molecule has 4 atom stereocenters. The summed E-state index contributed by atoms with van der Waals surface area (Å²) in [4.78, 5) is 16.1. The van der Waals surface area contributed by atoms with Crippen molar-refractivity contribution in [2.45, 2.75) is 63.0 Å². The zero-order chi connectivity index (χ0) is 20.1. The molecule has 1 aliphatic carbocycles. The van der Waals surface area contributed by atoms with Gasteiger partial charge in [-0.05, 0) is 32.8 Å². The zero-order valence-electron chi connectivity index (χ0n) is 16.8. The van der Waals surface area contributed by atoms with Crippen LogP contribution < -0.4 is 9.80 Å². The summed E-state index contributed by atoms with van der Waals surface area (Å²) < 4.78 is 26.9. The minimum Gasteiger partial charge on any atom is -0.372 e. The van der Waals surface area contributed by atoms with Crippen molar-refractivity contribution in [3.63, 3.8) is 0 Å². The second-order valence-electron chi connectivity index (χ2n) is 8.45. The molecule has 2 saturated heterocycles. The van der Waals surface area contributed by atoms with E-state index in [0.29, 0.717) is 46.8 Å². The van der Waals surface area contributed by atoms with E-state index in [-0.39, 0.29) is 17.8 Å². The smallest absolute Gasteiger partial charge is 0.206 e. The third-order valence-electron chi connectivity index (χ3n) is 6.32. The Morgan fingerprint density at radius 2 is 2.00 bits per heavy atom. The monoisotopic (exact) mass is 419 g/mol. The Morgan fingerprint density at radius 3 is 2.76 bits per heavy atom. The molecule has 0 radical (unpaired) electrons. The molecule has 0 spiro atoms. The number of aromatic nitrogens is 1. The maximum absolute atomic E-state index is 15.6. The van der Waals surface area contributed by atoms with E-state index in [1.165, 1.54) is 19.3 Å². The number of ether oxygens (including phenoxy) is 1. The lowest BCUT2D eigenvalue weighted by atomic mass is 9.94. The SMILES string of the molecule is C[C@@H]1CN(c2c(C=O)cc3c(N4CS[C@@H]5CCCC[C@H]54)noc3c2F)C[C@@H](C)O1. The quantitative estimate of drug-likeness (QED) is 0.691. The van der Waals surface area contributed by atoms with Crippen LogP contribution in [0.2, 0.25) is 0 Å². The van der Waals surface area contributed by atoms with Crippen molar-refractivity contribution < 1.29 is 18.4 Å². The predicted molar refractivity (Wildman–Crippen MR) is 113 cm³/mol. The number of benzene rings is 1. The van der Waals surface area contributed by atoms with E-state index in [2.05, 4.69) is 10.1 Å². The Morgan fingerprint density at radius 1 is 1.24 bits per heavy atom. The Balaban J connectivity index is 1.57. The van der Waals surface area contributed by atoms with Crippen molar-refractivity contribution in [3.05, 3.63) is 17.4 Å². The molecule has 0 unspecified atom stereocenters. The summed E-state index contributed by atoms with van der Waals surface area (Å²) in [6, 6.07) is 2.16. The maximum Gasteiger partial charge on any atom is 0.206 e. The van der Waals surface area contributed by atoms with E-state index in [0.717, 1.165) is 18.6 Å². The Bertz CT molecular complexity index is 926. The van der Waals surface area contributed by atoms with Crippen LogP contribution in [0, 0.1) is 5.82 Å². The van der Waals surface area contributed by atoms with Crippen molar-refractivity contribution in [2.75, 3.05) is 28.8 Å². The van der Waals surface area contributed by atoms with Gasteiger partial charge in [0.05, 0.1) is 29.2 Å². The summed E-state index contributed by atoms with van der Waals surface area (Å²) in [6.07, 6.45) is 5.47. The highest BCUT2D eigenvalue weighted by Crippen LogP contribution is 2.44. The minimum absolute atomic E-state index is 0.0384. The summed E-state index contributed by atoms with van der Waals surface area (Å²) >= 11 is 1.94. The van der Waals surface area contributed by atoms with Gasteiger partial charge >= 0.3 is 0 Å². The first kappa shape index (κ1) is 19.2. The van der Waals surface area contributed by atoms with E-state index >= 15 is 4.39 Å². The van der Waals surface area contributed by atoms with Crippen molar-refractivity contribution in [2.24, 2.45) is 0 Å². The number of anilines is 2. The lowest BCUT2D eigenvalue weighted by molar-refractivity contribution is -0.00543. The number of rotatable bonds is 3. The molecule has 0 bridgehead atoms. The fourth-order valence-corrected chi connectivity index (χ4v) is 6.64. The number of carbonyl (C=O) groups excluding carboxylic acids is 1. The molecule has 29 heavy (non-hydrogen) atoms. The number of thioether (sulfide) groups is 1. The van der Waals surface area contributed by atoms with Crippen LogP contribution in [-0.2, 0) is 4.74 Å². The molecule has 3 fully saturated rings. The number of fused-ring (bicyclic) bond motifs is 2. The van der Waals surface area contributed by atoms with Crippen LogP contribution in [0.5, 0.6) is 0 Å². The molecule has 1 saturated carbocycles. The van der Waals surface area contributed by atoms with Crippen LogP contribution in [-0.4, -0.2) is 53.9 Å². The molecule has 2 aromatic rings. The van der Waals surface area contributed by atoms with Gasteiger partial charge in [0.2, 0.25) is 5.58 Å². The van der Waals surface area contributed by atoms with Gasteiger partial charge in [-0.15, -0.1) is 11.8 Å². The van der Waals surface area contributed by atoms with Crippen molar-refractivity contribution in [1.29, 1.82) is 0 Å². The van der Waals surface area contributed by atoms with E-state index < -0.39 is 5.82 Å². The predicted octanol–water partition coefficient (Wildman–Crippen LogP) is 4.21. The number of nitrogens with zero attached hydrogens (tertiary/aromatic N) is 3. The van der Waals surface area contributed by atoms with Gasteiger partial charge in [0.1, 0.15) is 0 Å². The number of halogens is 1.